The van der Waals surface area contributed by atoms with Crippen molar-refractivity contribution < 1.29 is 71.8 Å². The van der Waals surface area contributed by atoms with Gasteiger partial charge in [0.2, 0.25) is 0 Å². The van der Waals surface area contributed by atoms with Crippen LogP contribution in [0.25, 0.3) is 0 Å². The Hall–Kier alpha value is -2.35. The van der Waals surface area contributed by atoms with Crippen LogP contribution in [0, 0.1) is 23.7 Å². The normalized spacial score (nSPS) is 46.9. The first-order valence-electron chi connectivity index (χ1n) is 24.3. The summed E-state index contributed by atoms with van der Waals surface area (Å²) in [6, 6.07) is 0. The standard InChI is InChI=1S/C51H78O15/c1-12-14-28(2)45-31(5)19-20-50(66-45)25-37-22-36(65-50)18-17-30(4)44(29(3)15-13-16-35-26-58-48-43(52)32(6)21-38(49(53)62-37)51(35,48)54)63-41-24-40(57-11)47(34(8)61-41)64-42-23-39(56-10)46(33(7)60-42)59-27-55-9/h13,15-17,19-21,28-29,31,33-34,36-48,52,54H,12,14,18,22-27H2,1-11H3/b15-13+,30-17+,35-16+/t28?,29?,31-,33-,34-,36+,37-,38-,39-,40-,41?,42-,43+,44-,45+,46+,47-,48+,50+,51+/m0/s1. The lowest BCUT2D eigenvalue weighted by Gasteiger charge is -2.48. The predicted molar refractivity (Wildman–Crippen MR) is 243 cm³/mol. The zero-order valence-corrected chi connectivity index (χ0v) is 41.0. The molecule has 372 valence electrons. The molecule has 0 aromatic rings. The summed E-state index contributed by atoms with van der Waals surface area (Å²) in [7, 11) is 4.90. The summed E-state index contributed by atoms with van der Waals surface area (Å²) < 4.78 is 75.7. The molecular weight excluding hydrogens is 853 g/mol. The minimum Gasteiger partial charge on any atom is -0.462 e. The third-order valence-corrected chi connectivity index (χ3v) is 14.9. The molecule has 0 saturated carbocycles. The summed E-state index contributed by atoms with van der Waals surface area (Å²) in [6.45, 7) is 16.5. The molecule has 0 aromatic heterocycles. The number of esters is 1. The number of methoxy groups -OCH3 is 3. The number of rotatable bonds is 12. The van der Waals surface area contributed by atoms with Crippen LogP contribution in [0.1, 0.15) is 100 Å². The van der Waals surface area contributed by atoms with Gasteiger partial charge in [-0.2, -0.15) is 0 Å². The number of hydrogen-bond donors (Lipinski definition) is 2. The zero-order valence-electron chi connectivity index (χ0n) is 41.0. The first-order chi connectivity index (χ1) is 31.5. The number of hydrogen-bond acceptors (Lipinski definition) is 15. The van der Waals surface area contributed by atoms with Crippen molar-refractivity contribution in [2.75, 3.05) is 34.7 Å². The topological polar surface area (TPSA) is 168 Å². The minimum atomic E-state index is -1.84. The van der Waals surface area contributed by atoms with Crippen molar-refractivity contribution in [3.63, 3.8) is 0 Å². The summed E-state index contributed by atoms with van der Waals surface area (Å²) in [4.78, 5) is 14.4. The lowest BCUT2D eigenvalue weighted by molar-refractivity contribution is -0.323. The van der Waals surface area contributed by atoms with Gasteiger partial charge in [0.15, 0.2) is 18.4 Å². The number of aliphatic hydroxyl groups is 2. The quantitative estimate of drug-likeness (QED) is 0.125. The molecule has 2 N–H and O–H groups in total. The van der Waals surface area contributed by atoms with Crippen molar-refractivity contribution in [2.24, 2.45) is 23.7 Å². The molecule has 1 aliphatic carbocycles. The number of carbonyl (C=O) groups is 1. The Morgan fingerprint density at radius 3 is 2.27 bits per heavy atom. The van der Waals surface area contributed by atoms with E-state index >= 15 is 0 Å². The Morgan fingerprint density at radius 1 is 0.879 bits per heavy atom. The van der Waals surface area contributed by atoms with Crippen molar-refractivity contribution in [3.05, 3.63) is 59.3 Å². The van der Waals surface area contributed by atoms with Crippen LogP contribution < -0.4 is 0 Å². The number of carbonyl (C=O) groups excluding carboxylic acids is 1. The number of aliphatic hydroxyl groups excluding tert-OH is 1. The molecule has 0 aromatic carbocycles. The highest BCUT2D eigenvalue weighted by Gasteiger charge is 2.60. The van der Waals surface area contributed by atoms with Crippen LogP contribution in [0.5, 0.6) is 0 Å². The lowest BCUT2D eigenvalue weighted by atomic mass is 9.71. The number of ether oxygens (including phenoxy) is 12. The summed E-state index contributed by atoms with van der Waals surface area (Å²) in [6.07, 6.45) is 10.7. The van der Waals surface area contributed by atoms with E-state index in [0.717, 1.165) is 18.4 Å². The second kappa shape index (κ2) is 22.2. The highest BCUT2D eigenvalue weighted by atomic mass is 16.7. The predicted octanol–water partition coefficient (Wildman–Crippen LogP) is 6.40. The van der Waals surface area contributed by atoms with Gasteiger partial charge in [-0.25, -0.2) is 0 Å². The fourth-order valence-corrected chi connectivity index (χ4v) is 11.3. The van der Waals surface area contributed by atoms with E-state index < -0.39 is 72.5 Å². The van der Waals surface area contributed by atoms with Crippen molar-refractivity contribution in [1.82, 2.24) is 0 Å². The second-order valence-corrected chi connectivity index (χ2v) is 19.9. The van der Waals surface area contributed by atoms with E-state index in [4.69, 9.17) is 56.8 Å². The fourth-order valence-electron chi connectivity index (χ4n) is 11.3. The molecule has 2 bridgehead atoms. The molecular formula is C51H78O15. The van der Waals surface area contributed by atoms with E-state index in [1.54, 1.807) is 40.4 Å². The zero-order chi connectivity index (χ0) is 47.5. The van der Waals surface area contributed by atoms with Crippen LogP contribution in [-0.4, -0.2) is 148 Å². The monoisotopic (exact) mass is 931 g/mol. The molecule has 0 radical (unpaired) electrons. The average Bonchev–Trinajstić information content (AvgIpc) is 3.62. The highest BCUT2D eigenvalue weighted by Crippen LogP contribution is 2.47. The van der Waals surface area contributed by atoms with E-state index in [2.05, 4.69) is 46.8 Å². The van der Waals surface area contributed by atoms with Gasteiger partial charge in [-0.1, -0.05) is 70.6 Å². The molecule has 7 aliphatic rings. The molecule has 3 unspecified atom stereocenters. The first-order valence-corrected chi connectivity index (χ1v) is 24.3. The Bertz CT molecular complexity index is 1800. The molecule has 15 nitrogen and oxygen atoms in total. The summed E-state index contributed by atoms with van der Waals surface area (Å²) >= 11 is 0. The molecule has 4 fully saturated rings. The Morgan fingerprint density at radius 2 is 1.58 bits per heavy atom. The van der Waals surface area contributed by atoms with Gasteiger partial charge in [0.05, 0.1) is 49.3 Å². The van der Waals surface area contributed by atoms with Crippen molar-refractivity contribution in [2.45, 2.75) is 198 Å². The SMILES string of the molecule is CCCC(C)[C@H]1O[C@]2(C=C[C@@H]1C)C[C@@H]1C[C@@H](C/C=C(\C)[C@@H](OC3C[C@H](OC)[C@@H](O[C@H]4C[C@H](OC)[C@H](OCOC)[C@H](C)O4)[C@H](C)O3)C(C)/C=C/C=C3\CO[C@@H]4[C@H](O)C(C)=C[C@@H](C(=O)O1)[C@]34O)O2. The van der Waals surface area contributed by atoms with E-state index in [-0.39, 0.29) is 67.8 Å². The number of allylic oxidation sites excluding steroid dienone is 2. The van der Waals surface area contributed by atoms with Gasteiger partial charge in [-0.3, -0.25) is 4.79 Å². The Balaban J connectivity index is 1.16. The van der Waals surface area contributed by atoms with Crippen LogP contribution in [0.4, 0.5) is 0 Å². The van der Waals surface area contributed by atoms with Crippen LogP contribution >= 0.6 is 0 Å². The minimum absolute atomic E-state index is 0.0336. The third kappa shape index (κ3) is 11.0. The molecule has 66 heavy (non-hydrogen) atoms. The largest absolute Gasteiger partial charge is 0.462 e. The van der Waals surface area contributed by atoms with Gasteiger partial charge in [0.1, 0.15) is 48.8 Å². The maximum absolute atomic E-state index is 14.4. The Kier molecular flexibility index (Phi) is 17.3. The molecule has 6 heterocycles. The highest BCUT2D eigenvalue weighted by molar-refractivity contribution is 5.78. The second-order valence-electron chi connectivity index (χ2n) is 19.9. The molecule has 7 rings (SSSR count). The van der Waals surface area contributed by atoms with Gasteiger partial charge in [0, 0.05) is 58.8 Å². The van der Waals surface area contributed by atoms with E-state index in [1.807, 2.05) is 32.1 Å². The third-order valence-electron chi connectivity index (χ3n) is 14.9. The smallest absolute Gasteiger partial charge is 0.316 e. The maximum Gasteiger partial charge on any atom is 0.316 e. The Labute approximate surface area is 392 Å². The van der Waals surface area contributed by atoms with E-state index in [1.165, 1.54) is 0 Å². The average molecular weight is 931 g/mol. The molecule has 15 heteroatoms. The molecule has 6 aliphatic heterocycles. The van der Waals surface area contributed by atoms with Crippen molar-refractivity contribution in [1.29, 1.82) is 0 Å². The van der Waals surface area contributed by atoms with Crippen molar-refractivity contribution in [3.8, 4) is 0 Å². The van der Waals surface area contributed by atoms with E-state index in [9.17, 15) is 15.0 Å². The van der Waals surface area contributed by atoms with Crippen LogP contribution in [0.2, 0.25) is 0 Å². The first kappa shape index (κ1) is 51.5. The number of fused-ring (bicyclic) bond motifs is 2. The van der Waals surface area contributed by atoms with Gasteiger partial charge >= 0.3 is 5.97 Å². The lowest BCUT2D eigenvalue weighted by Crippen LogP contribution is -2.58. The van der Waals surface area contributed by atoms with Crippen LogP contribution in [-0.2, 0) is 61.6 Å². The van der Waals surface area contributed by atoms with Gasteiger partial charge < -0.3 is 67.1 Å². The van der Waals surface area contributed by atoms with Gasteiger partial charge in [0.25, 0.3) is 0 Å². The molecule has 20 atom stereocenters. The summed E-state index contributed by atoms with van der Waals surface area (Å²) in [5, 5.41) is 23.8. The summed E-state index contributed by atoms with van der Waals surface area (Å²) in [5.74, 6) is -2.54. The van der Waals surface area contributed by atoms with Crippen LogP contribution in [0.3, 0.4) is 0 Å². The molecule has 1 spiro atoms. The fraction of sp³-hybridized carbons (Fsp3) is 0.784. The van der Waals surface area contributed by atoms with Crippen LogP contribution in [0.15, 0.2) is 59.3 Å². The van der Waals surface area contributed by atoms with Gasteiger partial charge in [-0.15, -0.1) is 0 Å². The van der Waals surface area contributed by atoms with E-state index in [0.29, 0.717) is 43.3 Å². The van der Waals surface area contributed by atoms with Gasteiger partial charge in [-0.05, 0) is 69.2 Å². The van der Waals surface area contributed by atoms with Crippen molar-refractivity contribution >= 4 is 5.97 Å². The maximum atomic E-state index is 14.4. The molecule has 0 amide bonds. The summed E-state index contributed by atoms with van der Waals surface area (Å²) in [5.41, 5.74) is 0.148. The molecule has 4 saturated heterocycles.